The maximum atomic E-state index is 11.7. The number of fused-ring (bicyclic) bond motifs is 2. The zero-order chi connectivity index (χ0) is 22.0. The fourth-order valence-electron chi connectivity index (χ4n) is 3.64. The molecule has 158 valence electrons. The van der Waals surface area contributed by atoms with E-state index in [2.05, 4.69) is 25.5 Å². The zero-order valence-corrected chi connectivity index (χ0v) is 17.5. The van der Waals surface area contributed by atoms with Crippen LogP contribution in [-0.4, -0.2) is 32.9 Å². The Morgan fingerprint density at radius 2 is 1.87 bits per heavy atom. The van der Waals surface area contributed by atoms with Gasteiger partial charge in [0.05, 0.1) is 18.7 Å². The molecule has 1 aliphatic rings. The lowest BCUT2D eigenvalue weighted by Gasteiger charge is -2.19. The van der Waals surface area contributed by atoms with Crippen LogP contribution in [0.5, 0.6) is 5.75 Å². The summed E-state index contributed by atoms with van der Waals surface area (Å²) in [6.07, 6.45) is 1.20. The van der Waals surface area contributed by atoms with E-state index < -0.39 is 6.09 Å². The van der Waals surface area contributed by atoms with Gasteiger partial charge in [0.25, 0.3) is 5.95 Å². The molecule has 31 heavy (non-hydrogen) atoms. The quantitative estimate of drug-likeness (QED) is 0.432. The number of anilines is 2. The number of rotatable bonds is 2. The number of para-hydroxylation sites is 1. The van der Waals surface area contributed by atoms with Gasteiger partial charge in [-0.25, -0.2) is 14.3 Å². The summed E-state index contributed by atoms with van der Waals surface area (Å²) in [5, 5.41) is 20.2. The lowest BCUT2D eigenvalue weighted by Crippen LogP contribution is -2.15. The highest BCUT2D eigenvalue weighted by atomic mass is 16.5. The van der Waals surface area contributed by atoms with Crippen molar-refractivity contribution >= 4 is 23.2 Å². The van der Waals surface area contributed by atoms with Crippen LogP contribution in [0.2, 0.25) is 0 Å². The third-order valence-electron chi connectivity index (χ3n) is 4.96. The highest BCUT2D eigenvalue weighted by Gasteiger charge is 2.27. The Morgan fingerprint density at radius 3 is 2.61 bits per heavy atom. The Morgan fingerprint density at radius 1 is 1.13 bits per heavy atom. The number of carbonyl (C=O) groups is 1. The summed E-state index contributed by atoms with van der Waals surface area (Å²) in [5.41, 5.74) is 5.34. The molecule has 0 bridgehead atoms. The first-order chi connectivity index (χ1) is 15.1. The van der Waals surface area contributed by atoms with E-state index in [1.807, 2.05) is 62.5 Å². The van der Waals surface area contributed by atoms with Crippen molar-refractivity contribution in [1.29, 1.82) is 0 Å². The number of nitrogens with zero attached hydrogens (tertiary/aromatic N) is 3. The molecule has 0 aliphatic carbocycles. The standard InChI is InChI=1S/C21H17N5O3.C2H6/c1-29-21(28)24-20-23-18-14-4-2-3-5-16(14)22-17(12-6-8-13(27)9-7-12)15-10-11-26(25-20)19(15)18;1-2/h2-11,17,22,27H,1H3,(H,24,25,28);1-2H3. The minimum absolute atomic E-state index is 0.152. The lowest BCUT2D eigenvalue weighted by atomic mass is 9.99. The Balaban J connectivity index is 0.00000112. The predicted molar refractivity (Wildman–Crippen MR) is 119 cm³/mol. The number of ether oxygens (including phenoxy) is 1. The first kappa shape index (κ1) is 20.2. The number of phenols is 1. The van der Waals surface area contributed by atoms with E-state index >= 15 is 0 Å². The summed E-state index contributed by atoms with van der Waals surface area (Å²) in [4.78, 5) is 16.3. The normalized spacial score (nSPS) is 13.8. The van der Waals surface area contributed by atoms with Crippen molar-refractivity contribution in [2.45, 2.75) is 19.9 Å². The molecule has 2 aromatic heterocycles. The number of nitrogens with one attached hydrogen (secondary N) is 2. The fourth-order valence-corrected chi connectivity index (χ4v) is 3.64. The first-order valence-corrected chi connectivity index (χ1v) is 10.0. The van der Waals surface area contributed by atoms with Gasteiger partial charge in [-0.05, 0) is 29.8 Å². The number of carbonyl (C=O) groups excluding carboxylic acids is 1. The number of benzene rings is 2. The molecular weight excluding hydrogens is 394 g/mol. The number of amides is 1. The smallest absolute Gasteiger partial charge is 0.413 e. The van der Waals surface area contributed by atoms with E-state index in [0.717, 1.165) is 27.9 Å². The number of aromatic nitrogens is 3. The van der Waals surface area contributed by atoms with Crippen LogP contribution in [0.1, 0.15) is 31.0 Å². The molecule has 8 heteroatoms. The van der Waals surface area contributed by atoms with Crippen molar-refractivity contribution < 1.29 is 14.6 Å². The fraction of sp³-hybridized carbons (Fsp3) is 0.174. The number of phenolic OH excluding ortho intramolecular Hbond substituents is 1. The van der Waals surface area contributed by atoms with Crippen molar-refractivity contribution in [3.8, 4) is 17.0 Å². The van der Waals surface area contributed by atoms with Gasteiger partial charge in [-0.3, -0.25) is 5.32 Å². The van der Waals surface area contributed by atoms with Crippen LogP contribution in [0.3, 0.4) is 0 Å². The van der Waals surface area contributed by atoms with E-state index in [0.29, 0.717) is 5.69 Å². The summed E-state index contributed by atoms with van der Waals surface area (Å²) in [6.45, 7) is 4.00. The zero-order valence-electron chi connectivity index (χ0n) is 17.5. The summed E-state index contributed by atoms with van der Waals surface area (Å²) in [5.74, 6) is 0.367. The highest BCUT2D eigenvalue weighted by molar-refractivity contribution is 5.91. The molecule has 4 aromatic rings. The molecule has 8 nitrogen and oxygen atoms in total. The van der Waals surface area contributed by atoms with Crippen molar-refractivity contribution in [3.63, 3.8) is 0 Å². The van der Waals surface area contributed by atoms with Gasteiger partial charge in [-0.2, -0.15) is 0 Å². The van der Waals surface area contributed by atoms with Crippen LogP contribution in [0.25, 0.3) is 16.8 Å². The average molecular weight is 417 g/mol. The number of hydrogen-bond donors (Lipinski definition) is 3. The summed E-state index contributed by atoms with van der Waals surface area (Å²) in [7, 11) is 1.29. The Labute approximate surface area is 179 Å². The second kappa shape index (κ2) is 8.35. The predicted octanol–water partition coefficient (Wildman–Crippen LogP) is 4.82. The lowest BCUT2D eigenvalue weighted by molar-refractivity contribution is 0.186. The van der Waals surface area contributed by atoms with E-state index in [-0.39, 0.29) is 17.7 Å². The van der Waals surface area contributed by atoms with Gasteiger partial charge in [0, 0.05) is 23.0 Å². The topological polar surface area (TPSA) is 101 Å². The summed E-state index contributed by atoms with van der Waals surface area (Å²) >= 11 is 0. The van der Waals surface area contributed by atoms with Gasteiger partial charge in [0.1, 0.15) is 11.4 Å². The van der Waals surface area contributed by atoms with E-state index in [4.69, 9.17) is 0 Å². The van der Waals surface area contributed by atoms with Crippen molar-refractivity contribution in [1.82, 2.24) is 14.6 Å². The summed E-state index contributed by atoms with van der Waals surface area (Å²) in [6, 6.07) is 16.8. The third-order valence-corrected chi connectivity index (χ3v) is 4.96. The second-order valence-corrected chi connectivity index (χ2v) is 6.68. The SMILES string of the molecule is CC.COC(=O)Nc1nc2c3c(ccn3n1)C(c1ccc(O)cc1)Nc1ccccc1-2. The molecule has 0 saturated heterocycles. The van der Waals surface area contributed by atoms with Crippen molar-refractivity contribution in [3.05, 3.63) is 71.9 Å². The van der Waals surface area contributed by atoms with Gasteiger partial charge in [-0.15, -0.1) is 5.10 Å². The maximum absolute atomic E-state index is 11.7. The van der Waals surface area contributed by atoms with Crippen molar-refractivity contribution in [2.75, 3.05) is 17.7 Å². The Kier molecular flexibility index (Phi) is 5.44. The van der Waals surface area contributed by atoms with Crippen LogP contribution in [-0.2, 0) is 4.74 Å². The molecule has 1 atom stereocenters. The van der Waals surface area contributed by atoms with Crippen LogP contribution in [0.15, 0.2) is 60.8 Å². The van der Waals surface area contributed by atoms with Crippen LogP contribution < -0.4 is 10.6 Å². The average Bonchev–Trinajstić information content (AvgIpc) is 3.16. The van der Waals surface area contributed by atoms with Crippen LogP contribution >= 0.6 is 0 Å². The van der Waals surface area contributed by atoms with Crippen molar-refractivity contribution in [2.24, 2.45) is 0 Å². The van der Waals surface area contributed by atoms with Gasteiger partial charge >= 0.3 is 6.09 Å². The van der Waals surface area contributed by atoms with Crippen LogP contribution in [0.4, 0.5) is 16.4 Å². The number of hydrogen-bond acceptors (Lipinski definition) is 6. The molecule has 0 radical (unpaired) electrons. The minimum atomic E-state index is -0.633. The Hall–Kier alpha value is -4.07. The molecule has 1 amide bonds. The molecule has 5 rings (SSSR count). The molecule has 0 saturated carbocycles. The molecule has 0 spiro atoms. The minimum Gasteiger partial charge on any atom is -0.508 e. The number of aromatic hydroxyl groups is 1. The second-order valence-electron chi connectivity index (χ2n) is 6.68. The monoisotopic (exact) mass is 417 g/mol. The molecule has 3 heterocycles. The van der Waals surface area contributed by atoms with E-state index in [9.17, 15) is 9.90 Å². The molecule has 3 N–H and O–H groups in total. The highest BCUT2D eigenvalue weighted by Crippen LogP contribution is 2.41. The first-order valence-electron chi connectivity index (χ1n) is 10.0. The maximum Gasteiger partial charge on any atom is 0.413 e. The summed E-state index contributed by atoms with van der Waals surface area (Å²) < 4.78 is 6.37. The molecule has 0 fully saturated rings. The molecule has 1 aliphatic heterocycles. The van der Waals surface area contributed by atoms with E-state index in [1.165, 1.54) is 7.11 Å². The molecular formula is C23H23N5O3. The van der Waals surface area contributed by atoms with E-state index in [1.54, 1.807) is 16.6 Å². The Bertz CT molecular complexity index is 1230. The molecule has 2 aromatic carbocycles. The number of methoxy groups -OCH3 is 1. The van der Waals surface area contributed by atoms with Crippen LogP contribution in [0, 0.1) is 0 Å². The van der Waals surface area contributed by atoms with Gasteiger partial charge < -0.3 is 15.2 Å². The van der Waals surface area contributed by atoms with Gasteiger partial charge in [0.15, 0.2) is 0 Å². The molecule has 1 unspecified atom stereocenters. The largest absolute Gasteiger partial charge is 0.508 e. The third kappa shape index (κ3) is 3.63. The van der Waals surface area contributed by atoms with Gasteiger partial charge in [-0.1, -0.05) is 44.2 Å². The van der Waals surface area contributed by atoms with Gasteiger partial charge in [0.2, 0.25) is 0 Å².